The normalized spacial score (nSPS) is 21.5. The molecule has 0 N–H and O–H groups in total. The van der Waals surface area contributed by atoms with Crippen molar-refractivity contribution in [3.05, 3.63) is 397 Å². The van der Waals surface area contributed by atoms with Crippen molar-refractivity contribution >= 4 is 143 Å². The molecule has 2 aromatic heterocycles. The van der Waals surface area contributed by atoms with Gasteiger partial charge in [0.1, 0.15) is 0 Å². The van der Waals surface area contributed by atoms with Crippen LogP contribution in [0, 0.1) is 30.6 Å². The minimum Gasteiger partial charge on any atom is -0.311 e. The van der Waals surface area contributed by atoms with E-state index in [4.69, 9.17) is 0 Å². The summed E-state index contributed by atoms with van der Waals surface area (Å²) in [5, 5.41) is 5.24. The number of rotatable bonds is 24. The zero-order valence-corrected chi connectivity index (χ0v) is 73.1. The highest BCUT2D eigenvalue weighted by atomic mass is 32.1. The predicted octanol–water partition coefficient (Wildman–Crippen LogP) is 33.8. The van der Waals surface area contributed by atoms with E-state index in [-0.39, 0.29) is 21.7 Å². The van der Waals surface area contributed by atoms with Crippen molar-refractivity contribution in [1.29, 1.82) is 0 Å². The van der Waals surface area contributed by atoms with Gasteiger partial charge in [-0.25, -0.2) is 0 Å². The summed E-state index contributed by atoms with van der Waals surface area (Å²) in [5.74, 6) is 3.23. The molecule has 14 aromatic carbocycles. The van der Waals surface area contributed by atoms with E-state index >= 15 is 0 Å². The monoisotopic (exact) mass is 1630 g/mol. The predicted molar refractivity (Wildman–Crippen MR) is 528 cm³/mol. The Morgan fingerprint density at radius 2 is 0.545 bits per heavy atom. The number of benzene rings is 14. The van der Waals surface area contributed by atoms with Crippen molar-refractivity contribution in [2.75, 3.05) is 19.6 Å². The molecule has 24 rings (SSSR count). The number of fused-ring (bicyclic) bond motifs is 6. The molecule has 0 saturated heterocycles. The van der Waals surface area contributed by atoms with Crippen molar-refractivity contribution < 1.29 is 0 Å². The van der Waals surface area contributed by atoms with Gasteiger partial charge < -0.3 is 19.6 Å². The van der Waals surface area contributed by atoms with Crippen LogP contribution in [0.3, 0.4) is 0 Å². The molecule has 4 nitrogen and oxygen atoms in total. The maximum atomic E-state index is 4.02. The SMILES string of the molecule is C=Cc1ccc(C23CC4CC(C2)CC(c2ccc(N(c5ccc(CCCC)cc5)c5ccc(N(c6ccc(C)cc6)c6ccc7sc8ccccc8c7c6)cc5)cc2)(C4)C3)cc1.C=Cc1ccc(C23CC4CC(C2)CC(c2ccc(N(c5ccc(CCCC)cc5)c5ccc(N(c6ccccc6)c6ccc7sc8ccccc8c7c6)cc5)cc2)(C4)C3)cc1. The number of para-hydroxylation sites is 1. The second-order valence-electron chi connectivity index (χ2n) is 37.4. The van der Waals surface area contributed by atoms with Crippen molar-refractivity contribution in [3.8, 4) is 0 Å². The van der Waals surface area contributed by atoms with Crippen LogP contribution in [0.15, 0.2) is 347 Å². The van der Waals surface area contributed by atoms with E-state index in [2.05, 4.69) is 387 Å². The molecular formula is C117H110N4S2. The third-order valence-electron chi connectivity index (χ3n) is 29.4. The summed E-state index contributed by atoms with van der Waals surface area (Å²) in [6.45, 7) is 14.7. The zero-order chi connectivity index (χ0) is 82.8. The fraction of sp³-hybridized carbons (Fsp3) is 0.248. The van der Waals surface area contributed by atoms with E-state index in [1.807, 2.05) is 34.8 Å². The van der Waals surface area contributed by atoms with Crippen LogP contribution in [-0.2, 0) is 34.5 Å². The lowest BCUT2D eigenvalue weighted by atomic mass is 9.41. The average Bonchev–Trinajstić information content (AvgIpc) is 1.16. The smallest absolute Gasteiger partial charge is 0.0468 e. The van der Waals surface area contributed by atoms with Gasteiger partial charge >= 0.3 is 0 Å². The van der Waals surface area contributed by atoms with E-state index in [1.165, 1.54) is 205 Å². The number of nitrogens with zero attached hydrogens (tertiary/aromatic N) is 4. The topological polar surface area (TPSA) is 13.0 Å². The van der Waals surface area contributed by atoms with Crippen LogP contribution in [0.2, 0.25) is 0 Å². The van der Waals surface area contributed by atoms with Gasteiger partial charge in [-0.05, 0) is 369 Å². The van der Waals surface area contributed by atoms with E-state index in [0.29, 0.717) is 0 Å². The summed E-state index contributed by atoms with van der Waals surface area (Å²) >= 11 is 3.74. The molecule has 16 aromatic rings. The second kappa shape index (κ2) is 32.8. The molecule has 0 aliphatic heterocycles. The maximum Gasteiger partial charge on any atom is 0.0468 e. The van der Waals surface area contributed by atoms with Crippen molar-refractivity contribution in [1.82, 2.24) is 0 Å². The summed E-state index contributed by atoms with van der Waals surface area (Å²) in [4.78, 5) is 9.71. The van der Waals surface area contributed by atoms with E-state index < -0.39 is 0 Å². The Balaban J connectivity index is 0.000000151. The number of hydrogen-bond donors (Lipinski definition) is 0. The van der Waals surface area contributed by atoms with E-state index in [1.54, 1.807) is 11.1 Å². The molecule has 8 fully saturated rings. The molecule has 8 saturated carbocycles. The molecule has 4 atom stereocenters. The van der Waals surface area contributed by atoms with Gasteiger partial charge in [-0.3, -0.25) is 0 Å². The second-order valence-corrected chi connectivity index (χ2v) is 39.6. The minimum atomic E-state index is 0.241. The molecule has 0 radical (unpaired) electrons. The van der Waals surface area contributed by atoms with Gasteiger partial charge in [0.15, 0.2) is 0 Å². The lowest BCUT2D eigenvalue weighted by Crippen LogP contribution is -2.55. The third kappa shape index (κ3) is 14.9. The third-order valence-corrected chi connectivity index (χ3v) is 31.7. The molecule has 8 aliphatic carbocycles. The summed E-state index contributed by atoms with van der Waals surface area (Å²) in [6, 6.07) is 127. The van der Waals surface area contributed by atoms with Crippen LogP contribution in [0.4, 0.5) is 68.2 Å². The van der Waals surface area contributed by atoms with Crippen molar-refractivity contribution in [3.63, 3.8) is 0 Å². The minimum absolute atomic E-state index is 0.241. The number of hydrogen-bond acceptors (Lipinski definition) is 6. The molecule has 610 valence electrons. The molecule has 0 amide bonds. The molecule has 4 unspecified atom stereocenters. The molecule has 123 heavy (non-hydrogen) atoms. The van der Waals surface area contributed by atoms with E-state index in [0.717, 1.165) is 82.0 Å². The largest absolute Gasteiger partial charge is 0.311 e. The van der Waals surface area contributed by atoms with Gasteiger partial charge in [0.25, 0.3) is 0 Å². The summed E-state index contributed by atoms with van der Waals surface area (Å²) in [5.41, 5.74) is 27.7. The zero-order valence-electron chi connectivity index (χ0n) is 71.5. The van der Waals surface area contributed by atoms with Crippen molar-refractivity contribution in [2.45, 2.75) is 158 Å². The van der Waals surface area contributed by atoms with Gasteiger partial charge in [0, 0.05) is 109 Å². The highest BCUT2D eigenvalue weighted by Gasteiger charge is 2.60. The quantitative estimate of drug-likeness (QED) is 0.0598. The first-order valence-electron chi connectivity index (χ1n) is 45.6. The molecule has 8 bridgehead atoms. The first-order valence-corrected chi connectivity index (χ1v) is 47.2. The lowest BCUT2D eigenvalue weighted by molar-refractivity contribution is -0.0282. The van der Waals surface area contributed by atoms with Gasteiger partial charge in [-0.1, -0.05) is 221 Å². The van der Waals surface area contributed by atoms with Crippen LogP contribution in [0.1, 0.15) is 167 Å². The van der Waals surface area contributed by atoms with Gasteiger partial charge in [-0.2, -0.15) is 0 Å². The Labute approximate surface area is 736 Å². The van der Waals surface area contributed by atoms with Crippen LogP contribution in [0.25, 0.3) is 52.5 Å². The van der Waals surface area contributed by atoms with Gasteiger partial charge in [-0.15, -0.1) is 22.7 Å². The molecule has 0 spiro atoms. The Morgan fingerprint density at radius 3 is 0.870 bits per heavy atom. The molecule has 2 heterocycles. The Hall–Kier alpha value is -11.8. The first kappa shape index (κ1) is 78.5. The van der Waals surface area contributed by atoms with E-state index in [9.17, 15) is 0 Å². The summed E-state index contributed by atoms with van der Waals surface area (Å²) < 4.78 is 5.29. The van der Waals surface area contributed by atoms with Gasteiger partial charge in [0.05, 0.1) is 0 Å². The first-order chi connectivity index (χ1) is 60.4. The van der Waals surface area contributed by atoms with Crippen LogP contribution in [0.5, 0.6) is 0 Å². The fourth-order valence-electron chi connectivity index (χ4n) is 24.4. The highest BCUT2D eigenvalue weighted by molar-refractivity contribution is 7.26. The fourth-order valence-corrected chi connectivity index (χ4v) is 26.6. The van der Waals surface area contributed by atoms with Crippen molar-refractivity contribution in [2.24, 2.45) is 23.7 Å². The van der Waals surface area contributed by atoms with Crippen LogP contribution >= 0.6 is 22.7 Å². The van der Waals surface area contributed by atoms with Crippen LogP contribution < -0.4 is 19.6 Å². The van der Waals surface area contributed by atoms with Crippen LogP contribution in [-0.4, -0.2) is 0 Å². The Kier molecular flexibility index (Phi) is 20.9. The molecule has 8 aliphatic rings. The number of thiophene rings is 2. The molecule has 6 heteroatoms. The number of unbranched alkanes of at least 4 members (excludes halogenated alkanes) is 2. The average molecular weight is 1640 g/mol. The number of anilines is 12. The standard InChI is InChI=1S/C59H56N2S.C58H54N2S/c1-4-6-9-43-16-24-49(25-17-43)60(50-26-20-47(21-27-50)59-38-44-34-45(39-59)37-58(36-44,40-59)46-18-14-42(5-2)15-19-46)51-28-30-52(31-29-51)61(48-22-12-41(3)13-23-48)53-32-33-57-55(35-53)54-10-7-8-11-56(54)62-57;1-3-5-11-42-18-24-48(25-19-42)59(49-26-22-46(23-27-49)58-38-43-34-44(39-58)37-57(36-43,40-58)45-20-16-41(4-2)17-21-45)50-28-30-51(31-29-50)60(47-12-7-6-8-13-47)52-32-33-56-54(35-52)53-14-9-10-15-55(53)61-56/h5,7-8,10-33,35,44-45H,2,4,6,9,34,36-40H2,1,3H3;4,6-10,12-33,35,43-44H,2-3,5,11,34,36-40H2,1H3. The summed E-state index contributed by atoms with van der Waals surface area (Å²) in [7, 11) is 0. The Morgan fingerprint density at radius 1 is 0.285 bits per heavy atom. The highest BCUT2D eigenvalue weighted by Crippen LogP contribution is 2.68. The molecular weight excluding hydrogens is 1530 g/mol. The number of aryl methyl sites for hydroxylation is 3. The van der Waals surface area contributed by atoms with Gasteiger partial charge in [0.2, 0.25) is 0 Å². The lowest BCUT2D eigenvalue weighted by Gasteiger charge is -2.63. The Bertz CT molecular complexity index is 6450. The summed E-state index contributed by atoms with van der Waals surface area (Å²) in [6.07, 6.45) is 27.0. The maximum absolute atomic E-state index is 4.02.